The van der Waals surface area contributed by atoms with Crippen molar-refractivity contribution in [1.82, 2.24) is 9.88 Å². The lowest BCUT2D eigenvalue weighted by molar-refractivity contribution is -0.129. The van der Waals surface area contributed by atoms with Gasteiger partial charge in [0, 0.05) is 13.0 Å². The highest BCUT2D eigenvalue weighted by Crippen LogP contribution is 2.36. The summed E-state index contributed by atoms with van der Waals surface area (Å²) in [6.07, 6.45) is 2.70. The van der Waals surface area contributed by atoms with Crippen molar-refractivity contribution in [3.63, 3.8) is 0 Å². The fourth-order valence-electron chi connectivity index (χ4n) is 4.03. The number of benzene rings is 2. The first-order chi connectivity index (χ1) is 15.6. The van der Waals surface area contributed by atoms with E-state index in [1.54, 1.807) is 22.1 Å². The minimum absolute atomic E-state index is 0.0367. The van der Waals surface area contributed by atoms with E-state index in [2.05, 4.69) is 6.92 Å². The molecule has 6 nitrogen and oxygen atoms in total. The normalized spacial score (nSPS) is 16.1. The number of thiazole rings is 1. The topological polar surface area (TPSA) is 66.7 Å². The van der Waals surface area contributed by atoms with Gasteiger partial charge in [-0.25, -0.2) is 4.98 Å². The molecule has 0 saturated carbocycles. The monoisotopic (exact) mass is 445 g/mol. The smallest absolute Gasteiger partial charge is 0.238 e. The number of fused-ring (bicyclic) bond motifs is 1. The Bertz CT molecular complexity index is 1210. The predicted molar refractivity (Wildman–Crippen MR) is 125 cm³/mol. The number of likely N-dealkylation sites (tertiary alicyclic amines) is 1. The van der Waals surface area contributed by atoms with Crippen molar-refractivity contribution in [3.05, 3.63) is 78.3 Å². The van der Waals surface area contributed by atoms with E-state index in [0.29, 0.717) is 24.0 Å². The zero-order chi connectivity index (χ0) is 22.1. The second kappa shape index (κ2) is 8.59. The molecule has 1 saturated heterocycles. The summed E-state index contributed by atoms with van der Waals surface area (Å²) in [7, 11) is 0. The molecule has 2 amide bonds. The fraction of sp³-hybridized carbons (Fsp3) is 0.240. The Morgan fingerprint density at radius 2 is 1.97 bits per heavy atom. The maximum atomic E-state index is 13.8. The minimum atomic E-state index is -0.435. The Labute approximate surface area is 190 Å². The van der Waals surface area contributed by atoms with Crippen LogP contribution in [0.4, 0.5) is 10.8 Å². The Hall–Kier alpha value is -3.45. The summed E-state index contributed by atoms with van der Waals surface area (Å²) in [6.45, 7) is 2.85. The largest absolute Gasteiger partial charge is 0.467 e. The third-order valence-corrected chi connectivity index (χ3v) is 6.81. The molecule has 5 rings (SSSR count). The Morgan fingerprint density at radius 1 is 1.16 bits per heavy atom. The van der Waals surface area contributed by atoms with Crippen molar-refractivity contribution in [2.75, 3.05) is 11.4 Å². The number of nitrogens with zero attached hydrogens (tertiary/aromatic N) is 3. The first-order valence-corrected chi connectivity index (χ1v) is 11.5. The van der Waals surface area contributed by atoms with Crippen molar-refractivity contribution in [2.24, 2.45) is 5.92 Å². The van der Waals surface area contributed by atoms with Gasteiger partial charge in [-0.1, -0.05) is 42.5 Å². The molecular weight excluding hydrogens is 422 g/mol. The van der Waals surface area contributed by atoms with Gasteiger partial charge in [0.05, 0.1) is 34.6 Å². The van der Waals surface area contributed by atoms with E-state index < -0.39 is 5.92 Å². The molecule has 1 atom stereocenters. The van der Waals surface area contributed by atoms with Crippen molar-refractivity contribution in [2.45, 2.75) is 26.3 Å². The first kappa shape index (κ1) is 20.5. The highest BCUT2D eigenvalue weighted by atomic mass is 32.1. The number of amides is 2. The number of carbonyl (C=O) groups is 2. The number of aryl methyl sites for hydroxylation is 1. The summed E-state index contributed by atoms with van der Waals surface area (Å²) in [5.41, 5.74) is 2.83. The molecular formula is C25H23N3O3S. The van der Waals surface area contributed by atoms with E-state index in [0.717, 1.165) is 22.3 Å². The second-order valence-electron chi connectivity index (χ2n) is 7.91. The molecule has 32 heavy (non-hydrogen) atoms. The summed E-state index contributed by atoms with van der Waals surface area (Å²) >= 11 is 1.48. The standard InChI is InChI=1S/C25H23N3O3S/c1-2-17-9-11-19(12-10-17)28(25-26-21-7-3-4-8-22(21)32-25)24(30)18-14-23(29)27(15-18)16-20-6-5-13-31-20/h3-13,18H,2,14-16H2,1H3. The molecule has 1 aliphatic heterocycles. The van der Waals surface area contributed by atoms with Crippen LogP contribution in [0.2, 0.25) is 0 Å². The number of furan rings is 1. The number of carbonyl (C=O) groups excluding carboxylic acids is 2. The Kier molecular flexibility index (Phi) is 5.49. The summed E-state index contributed by atoms with van der Waals surface area (Å²) in [5.74, 6) is 0.133. The van der Waals surface area contributed by atoms with Crippen LogP contribution in [0.15, 0.2) is 71.3 Å². The number of hydrogen-bond acceptors (Lipinski definition) is 5. The van der Waals surface area contributed by atoms with Crippen molar-refractivity contribution in [3.8, 4) is 0 Å². The Balaban J connectivity index is 1.46. The quantitative estimate of drug-likeness (QED) is 0.411. The molecule has 4 aromatic rings. The van der Waals surface area contributed by atoms with E-state index in [1.165, 1.54) is 16.9 Å². The van der Waals surface area contributed by atoms with Crippen LogP contribution in [0.1, 0.15) is 24.7 Å². The molecule has 7 heteroatoms. The lowest BCUT2D eigenvalue weighted by Crippen LogP contribution is -2.34. The number of para-hydroxylation sites is 1. The van der Waals surface area contributed by atoms with E-state index >= 15 is 0 Å². The summed E-state index contributed by atoms with van der Waals surface area (Å²) in [6, 6.07) is 19.5. The van der Waals surface area contributed by atoms with Crippen LogP contribution in [-0.2, 0) is 22.6 Å². The molecule has 2 aromatic heterocycles. The van der Waals surface area contributed by atoms with Crippen LogP contribution in [0, 0.1) is 5.92 Å². The fourth-order valence-corrected chi connectivity index (χ4v) is 5.02. The van der Waals surface area contributed by atoms with Gasteiger partial charge in [-0.05, 0) is 48.4 Å². The third-order valence-electron chi connectivity index (χ3n) is 5.79. The average Bonchev–Trinajstić information content (AvgIpc) is 3.55. The number of rotatable bonds is 6. The van der Waals surface area contributed by atoms with Crippen LogP contribution < -0.4 is 4.90 Å². The van der Waals surface area contributed by atoms with Gasteiger partial charge in [0.1, 0.15) is 5.76 Å². The Morgan fingerprint density at radius 3 is 2.69 bits per heavy atom. The van der Waals surface area contributed by atoms with Crippen molar-refractivity contribution >= 4 is 44.2 Å². The zero-order valence-corrected chi connectivity index (χ0v) is 18.5. The first-order valence-electron chi connectivity index (χ1n) is 10.7. The molecule has 1 aliphatic rings. The SMILES string of the molecule is CCc1ccc(N(C(=O)C2CC(=O)N(Cc3ccco3)C2)c2nc3ccccc3s2)cc1. The van der Waals surface area contributed by atoms with Crippen LogP contribution in [0.3, 0.4) is 0 Å². The molecule has 0 N–H and O–H groups in total. The second-order valence-corrected chi connectivity index (χ2v) is 8.92. The van der Waals surface area contributed by atoms with Gasteiger partial charge < -0.3 is 9.32 Å². The minimum Gasteiger partial charge on any atom is -0.467 e. The van der Waals surface area contributed by atoms with Crippen molar-refractivity contribution < 1.29 is 14.0 Å². The van der Waals surface area contributed by atoms with Gasteiger partial charge in [0.2, 0.25) is 11.8 Å². The number of anilines is 2. The molecule has 2 aromatic carbocycles. The zero-order valence-electron chi connectivity index (χ0n) is 17.7. The van der Waals surface area contributed by atoms with E-state index in [4.69, 9.17) is 9.40 Å². The molecule has 0 bridgehead atoms. The van der Waals surface area contributed by atoms with Gasteiger partial charge in [-0.2, -0.15) is 0 Å². The van der Waals surface area contributed by atoms with E-state index in [1.807, 2.05) is 54.6 Å². The predicted octanol–water partition coefficient (Wildman–Crippen LogP) is 5.17. The van der Waals surface area contributed by atoms with E-state index in [-0.39, 0.29) is 18.2 Å². The molecule has 0 spiro atoms. The molecule has 0 aliphatic carbocycles. The lowest BCUT2D eigenvalue weighted by Gasteiger charge is -2.23. The molecule has 1 fully saturated rings. The van der Waals surface area contributed by atoms with Gasteiger partial charge >= 0.3 is 0 Å². The summed E-state index contributed by atoms with van der Waals surface area (Å²) in [5, 5.41) is 0.623. The average molecular weight is 446 g/mol. The molecule has 3 heterocycles. The van der Waals surface area contributed by atoms with Gasteiger partial charge in [-0.3, -0.25) is 14.5 Å². The van der Waals surface area contributed by atoms with Crippen LogP contribution in [0.25, 0.3) is 10.2 Å². The van der Waals surface area contributed by atoms with Crippen LogP contribution in [-0.4, -0.2) is 28.2 Å². The summed E-state index contributed by atoms with van der Waals surface area (Å²) < 4.78 is 6.40. The van der Waals surface area contributed by atoms with Gasteiger partial charge in [0.15, 0.2) is 5.13 Å². The molecule has 1 unspecified atom stereocenters. The highest BCUT2D eigenvalue weighted by molar-refractivity contribution is 7.22. The maximum Gasteiger partial charge on any atom is 0.238 e. The number of aromatic nitrogens is 1. The lowest BCUT2D eigenvalue weighted by atomic mass is 10.1. The maximum absolute atomic E-state index is 13.8. The summed E-state index contributed by atoms with van der Waals surface area (Å²) in [4.78, 5) is 34.5. The van der Waals surface area contributed by atoms with Crippen molar-refractivity contribution in [1.29, 1.82) is 0 Å². The molecule has 162 valence electrons. The highest BCUT2D eigenvalue weighted by Gasteiger charge is 2.38. The van der Waals surface area contributed by atoms with Crippen LogP contribution in [0.5, 0.6) is 0 Å². The molecule has 0 radical (unpaired) electrons. The van der Waals surface area contributed by atoms with Gasteiger partial charge in [-0.15, -0.1) is 0 Å². The van der Waals surface area contributed by atoms with E-state index in [9.17, 15) is 9.59 Å². The van der Waals surface area contributed by atoms with Gasteiger partial charge in [0.25, 0.3) is 0 Å². The number of hydrogen-bond donors (Lipinski definition) is 0. The third kappa shape index (κ3) is 3.91. The van der Waals surface area contributed by atoms with Crippen LogP contribution >= 0.6 is 11.3 Å².